The van der Waals surface area contributed by atoms with Gasteiger partial charge in [-0.25, -0.2) is 0 Å². The summed E-state index contributed by atoms with van der Waals surface area (Å²) in [6.07, 6.45) is 42.2. The Morgan fingerprint density at radius 1 is 0.489 bits per heavy atom. The second-order valence-electron chi connectivity index (χ2n) is 24.2. The van der Waals surface area contributed by atoms with Gasteiger partial charge in [-0.05, 0) is 199 Å². The molecule has 3 heteroatoms. The van der Waals surface area contributed by atoms with Crippen molar-refractivity contribution in [3.05, 3.63) is 384 Å². The first-order chi connectivity index (χ1) is 45.4. The van der Waals surface area contributed by atoms with Crippen LogP contribution in [-0.4, -0.2) is 0 Å². The highest BCUT2D eigenvalue weighted by Gasteiger charge is 2.31. The van der Waals surface area contributed by atoms with Gasteiger partial charge in [0.05, 0.1) is 5.70 Å². The van der Waals surface area contributed by atoms with Gasteiger partial charge in [0.15, 0.2) is 0 Å². The Bertz CT molecular complexity index is 5330. The van der Waals surface area contributed by atoms with E-state index in [2.05, 4.69) is 321 Å². The number of fused-ring (bicyclic) bond motifs is 6. The van der Waals surface area contributed by atoms with Crippen molar-refractivity contribution in [1.29, 1.82) is 0 Å². The zero-order chi connectivity index (χ0) is 61.5. The molecular weight excluding hydrogens is 1110 g/mol. The molecule has 3 nitrogen and oxygen atoms in total. The molecule has 1 unspecified atom stereocenters. The van der Waals surface area contributed by atoms with Crippen molar-refractivity contribution < 1.29 is 9.15 Å². The summed E-state index contributed by atoms with van der Waals surface area (Å²) in [5.74, 6) is 1.30. The first kappa shape index (κ1) is 55.4. The number of benzene rings is 9. The number of ether oxygens (including phenoxy) is 1. The number of furan rings is 1. The van der Waals surface area contributed by atoms with Crippen molar-refractivity contribution in [2.45, 2.75) is 19.8 Å². The SMILES string of the molecule is C=C1/C=C\C(C2=C=CC=CC=C2C2(C)C=CC=CC2)=C/Cc2cc(-c3ccccc3-c3ccccc3)cc(-c3ccc4c(c3)C3=C=C(C=CC(c5cc(-c6ccccc6C6=CC=C=CC=C6)cc6c5oc5ccc(-c7ccccc7-c7ccccc7)cc56)=C3)N4)c2O1. The molecule has 0 saturated carbocycles. The number of anilines is 1. The molecule has 1 aromatic heterocycles. The van der Waals surface area contributed by atoms with Crippen LogP contribution in [0.3, 0.4) is 0 Å². The lowest BCUT2D eigenvalue weighted by atomic mass is 9.72. The molecule has 2 aliphatic heterocycles. The molecule has 1 atom stereocenters. The van der Waals surface area contributed by atoms with Gasteiger partial charge >= 0.3 is 0 Å². The van der Waals surface area contributed by atoms with E-state index in [-0.39, 0.29) is 5.41 Å². The molecule has 1 N–H and O–H groups in total. The summed E-state index contributed by atoms with van der Waals surface area (Å²) in [5, 5.41) is 5.84. The van der Waals surface area contributed by atoms with Gasteiger partial charge in [-0.15, -0.1) is 11.5 Å². The number of hydrogen-bond donors (Lipinski definition) is 1. The van der Waals surface area contributed by atoms with E-state index in [0.717, 1.165) is 151 Å². The molecule has 2 bridgehead atoms. The third kappa shape index (κ3) is 10.4. The van der Waals surface area contributed by atoms with E-state index in [4.69, 9.17) is 9.15 Å². The fourth-order valence-electron chi connectivity index (χ4n) is 13.7. The summed E-state index contributed by atoms with van der Waals surface area (Å²) < 4.78 is 14.2. The van der Waals surface area contributed by atoms with E-state index in [9.17, 15) is 0 Å². The van der Waals surface area contributed by atoms with Gasteiger partial charge in [-0.3, -0.25) is 0 Å². The average Bonchev–Trinajstić information content (AvgIpc) is 1.53. The molecule has 4 aliphatic carbocycles. The van der Waals surface area contributed by atoms with E-state index >= 15 is 0 Å². The number of allylic oxidation sites excluding steroid dienone is 22. The Balaban J connectivity index is 0.854. The Kier molecular flexibility index (Phi) is 14.2. The summed E-state index contributed by atoms with van der Waals surface area (Å²) >= 11 is 0. The molecule has 0 radical (unpaired) electrons. The first-order valence-corrected chi connectivity index (χ1v) is 31.5. The van der Waals surface area contributed by atoms with Crippen molar-refractivity contribution in [2.24, 2.45) is 5.41 Å². The molecule has 0 spiro atoms. The minimum atomic E-state index is -0.215. The van der Waals surface area contributed by atoms with E-state index in [1.165, 1.54) is 16.7 Å². The van der Waals surface area contributed by atoms with Crippen molar-refractivity contribution in [3.8, 4) is 72.5 Å². The molecule has 16 rings (SSSR count). The van der Waals surface area contributed by atoms with Gasteiger partial charge in [-0.1, -0.05) is 238 Å². The summed E-state index contributed by atoms with van der Waals surface area (Å²) in [5.41, 5.74) is 37.9. The van der Waals surface area contributed by atoms with Crippen LogP contribution in [-0.2, 0) is 6.42 Å². The summed E-state index contributed by atoms with van der Waals surface area (Å²) in [7, 11) is 0. The predicted octanol–water partition coefficient (Wildman–Crippen LogP) is 23.2. The van der Waals surface area contributed by atoms with Crippen LogP contribution in [0.2, 0.25) is 0 Å². The molecule has 6 aliphatic rings. The van der Waals surface area contributed by atoms with Gasteiger partial charge in [-0.2, -0.15) is 0 Å². The maximum Gasteiger partial charge on any atom is 0.143 e. The van der Waals surface area contributed by atoms with Crippen LogP contribution >= 0.6 is 0 Å². The molecule has 9 aromatic carbocycles. The van der Waals surface area contributed by atoms with Gasteiger partial charge in [0.25, 0.3) is 0 Å². The lowest BCUT2D eigenvalue weighted by Gasteiger charge is -2.31. The zero-order valence-electron chi connectivity index (χ0n) is 50.9. The maximum atomic E-state index is 7.14. The van der Waals surface area contributed by atoms with Crippen molar-refractivity contribution in [3.63, 3.8) is 0 Å². The molecule has 0 saturated heterocycles. The largest absolute Gasteiger partial charge is 0.457 e. The number of nitrogens with one attached hydrogen (secondary N) is 1. The fourth-order valence-corrected chi connectivity index (χ4v) is 13.7. The highest BCUT2D eigenvalue weighted by Crippen LogP contribution is 2.49. The monoisotopic (exact) mass is 1180 g/mol. The lowest BCUT2D eigenvalue weighted by Crippen LogP contribution is -2.19. The van der Waals surface area contributed by atoms with Crippen LogP contribution < -0.4 is 10.1 Å². The van der Waals surface area contributed by atoms with Gasteiger partial charge in [0, 0.05) is 49.7 Å². The molecule has 92 heavy (non-hydrogen) atoms. The van der Waals surface area contributed by atoms with Crippen LogP contribution in [0.1, 0.15) is 35.6 Å². The van der Waals surface area contributed by atoms with E-state index < -0.39 is 0 Å². The summed E-state index contributed by atoms with van der Waals surface area (Å²) in [6, 6.07) is 70.0. The third-order valence-electron chi connectivity index (χ3n) is 18.3. The Morgan fingerprint density at radius 3 is 1.90 bits per heavy atom. The van der Waals surface area contributed by atoms with Crippen LogP contribution in [0.4, 0.5) is 5.69 Å². The normalized spacial score (nSPS) is 17.8. The van der Waals surface area contributed by atoms with Gasteiger partial charge < -0.3 is 14.5 Å². The van der Waals surface area contributed by atoms with Crippen molar-refractivity contribution >= 4 is 44.3 Å². The lowest BCUT2D eigenvalue weighted by molar-refractivity contribution is 0.444. The average molecular weight is 1180 g/mol. The number of rotatable bonds is 10. The van der Waals surface area contributed by atoms with E-state index in [1.54, 1.807) is 0 Å². The third-order valence-corrected chi connectivity index (χ3v) is 18.3. The zero-order valence-corrected chi connectivity index (χ0v) is 50.9. The Labute approximate surface area is 537 Å². The first-order valence-electron chi connectivity index (χ1n) is 31.5. The van der Waals surface area contributed by atoms with E-state index in [1.807, 2.05) is 24.3 Å². The van der Waals surface area contributed by atoms with Crippen LogP contribution in [0.15, 0.2) is 366 Å². The molecule has 434 valence electrons. The molecule has 3 heterocycles. The quantitative estimate of drug-likeness (QED) is 0.139. The minimum Gasteiger partial charge on any atom is -0.457 e. The molecule has 10 aromatic rings. The van der Waals surface area contributed by atoms with E-state index in [0.29, 0.717) is 12.2 Å². The number of hydrogen-bond acceptors (Lipinski definition) is 3. The highest BCUT2D eigenvalue weighted by molar-refractivity contribution is 6.13. The second-order valence-corrected chi connectivity index (χ2v) is 24.2. The summed E-state index contributed by atoms with van der Waals surface area (Å²) in [4.78, 5) is 0. The van der Waals surface area contributed by atoms with Crippen LogP contribution in [0.25, 0.3) is 105 Å². The van der Waals surface area contributed by atoms with Gasteiger partial charge in [0.1, 0.15) is 22.7 Å². The Hall–Kier alpha value is -11.9. The molecular formula is C89H61NO2. The molecule has 0 fully saturated rings. The fraction of sp³-hybridized carbons (Fsp3) is 0.0449. The second kappa shape index (κ2) is 23.5. The topological polar surface area (TPSA) is 34.4 Å². The maximum absolute atomic E-state index is 7.14. The predicted molar refractivity (Wildman–Crippen MR) is 384 cm³/mol. The Morgan fingerprint density at radius 2 is 1.14 bits per heavy atom. The molecule has 0 amide bonds. The standard InChI is InChI=1S/C89H61NO2/c1-59-39-40-63(78-37-15-7-16-38-84(78)89(2)49-23-8-24-50-89)41-42-67-52-69(76-35-21-18-32-73(76)62-29-13-6-14-30-62)56-80(87(67)91-59)66-44-47-85-79(54-66)68-51-64(43-46-71(53-68)90-85)81-57-70(77-36-22-19-33-74(77)61-25-9-3-4-10-26-61)58-83-82-55-65(45-48-86(82)92-88(81)83)75-34-20-17-31-72(75)60-27-11-5-12-28-60/h3,5-36,38-41,43-49,51-52,54-58,90H,1,42,50H2,2H3/b40-39-,63-41+. The van der Waals surface area contributed by atoms with Crippen molar-refractivity contribution in [2.75, 3.05) is 5.32 Å². The smallest absolute Gasteiger partial charge is 0.143 e. The van der Waals surface area contributed by atoms with Crippen LogP contribution in [0, 0.1) is 5.41 Å². The highest BCUT2D eigenvalue weighted by atomic mass is 16.5. The van der Waals surface area contributed by atoms with Crippen LogP contribution in [0.5, 0.6) is 5.75 Å². The summed E-state index contributed by atoms with van der Waals surface area (Å²) in [6.45, 7) is 6.86. The van der Waals surface area contributed by atoms with Crippen molar-refractivity contribution in [1.82, 2.24) is 0 Å². The minimum absolute atomic E-state index is 0.215. The van der Waals surface area contributed by atoms with Gasteiger partial charge in [0.2, 0.25) is 0 Å².